The van der Waals surface area contributed by atoms with Gasteiger partial charge in [0, 0.05) is 38.6 Å². The zero-order valence-electron chi connectivity index (χ0n) is 8.12. The van der Waals surface area contributed by atoms with E-state index < -0.39 is 0 Å². The molecule has 2 aliphatic heterocycles. The highest BCUT2D eigenvalue weighted by molar-refractivity contribution is 5.77. The molecular formula is C9H17N3O. The number of nitrogens with one attached hydrogen (secondary N) is 1. The van der Waals surface area contributed by atoms with Crippen LogP contribution in [0.5, 0.6) is 0 Å². The van der Waals surface area contributed by atoms with Crippen LogP contribution in [0.3, 0.4) is 0 Å². The summed E-state index contributed by atoms with van der Waals surface area (Å²) < 4.78 is 0. The van der Waals surface area contributed by atoms with Gasteiger partial charge in [0.2, 0.25) is 5.91 Å². The van der Waals surface area contributed by atoms with Crippen LogP contribution in [0.15, 0.2) is 0 Å². The van der Waals surface area contributed by atoms with Gasteiger partial charge in [-0.2, -0.15) is 0 Å². The van der Waals surface area contributed by atoms with E-state index in [1.54, 1.807) is 0 Å². The summed E-state index contributed by atoms with van der Waals surface area (Å²) in [5, 5.41) is 7.49. The third-order valence-corrected chi connectivity index (χ3v) is 2.74. The number of carbonyl (C=O) groups excluding carboxylic acids is 1. The normalized spacial score (nSPS) is 31.3. The summed E-state index contributed by atoms with van der Waals surface area (Å²) in [5.74, 6) is 0.300. The molecule has 2 fully saturated rings. The second-order valence-corrected chi connectivity index (χ2v) is 3.89. The molecule has 1 atom stereocenters. The minimum Gasteiger partial charge on any atom is -0.312 e. The number of carbonyl (C=O) groups is 1. The Kier molecular flexibility index (Phi) is 2.51. The number of rotatable bonds is 1. The van der Waals surface area contributed by atoms with Gasteiger partial charge < -0.3 is 5.32 Å². The van der Waals surface area contributed by atoms with E-state index in [-0.39, 0.29) is 0 Å². The number of hydrogen-bond donors (Lipinski definition) is 1. The molecule has 1 unspecified atom stereocenters. The smallest absolute Gasteiger partial charge is 0.236 e. The first-order valence-electron chi connectivity index (χ1n) is 5.06. The predicted molar refractivity (Wildman–Crippen MR) is 50.0 cm³/mol. The molecule has 1 amide bonds. The fourth-order valence-corrected chi connectivity index (χ4v) is 2.06. The third-order valence-electron chi connectivity index (χ3n) is 2.74. The first-order chi connectivity index (χ1) is 6.27. The summed E-state index contributed by atoms with van der Waals surface area (Å²) in [6, 6.07) is 0.502. The van der Waals surface area contributed by atoms with Gasteiger partial charge in [0.15, 0.2) is 0 Å². The molecule has 1 N–H and O–H groups in total. The second-order valence-electron chi connectivity index (χ2n) is 3.89. The van der Waals surface area contributed by atoms with E-state index in [0.29, 0.717) is 11.9 Å². The maximum atomic E-state index is 11.4. The molecule has 0 radical (unpaired) electrons. The SMILES string of the molecule is CC1CN(N2CCCC2=O)CCN1. The number of hydrazine groups is 1. The van der Waals surface area contributed by atoms with Crippen molar-refractivity contribution in [2.24, 2.45) is 0 Å². The Bertz CT molecular complexity index is 207. The van der Waals surface area contributed by atoms with Gasteiger partial charge in [-0.15, -0.1) is 0 Å². The van der Waals surface area contributed by atoms with E-state index in [2.05, 4.69) is 17.2 Å². The Morgan fingerprint density at radius 3 is 2.92 bits per heavy atom. The Morgan fingerprint density at radius 1 is 1.46 bits per heavy atom. The van der Waals surface area contributed by atoms with Crippen molar-refractivity contribution < 1.29 is 4.79 Å². The topological polar surface area (TPSA) is 35.6 Å². The highest BCUT2D eigenvalue weighted by Crippen LogP contribution is 2.14. The van der Waals surface area contributed by atoms with Gasteiger partial charge in [-0.05, 0) is 13.3 Å². The second kappa shape index (κ2) is 3.64. The molecule has 2 saturated heterocycles. The van der Waals surface area contributed by atoms with Crippen LogP contribution in [0.2, 0.25) is 0 Å². The van der Waals surface area contributed by atoms with E-state index >= 15 is 0 Å². The lowest BCUT2D eigenvalue weighted by molar-refractivity contribution is -0.145. The number of nitrogens with zero attached hydrogens (tertiary/aromatic N) is 2. The van der Waals surface area contributed by atoms with Crippen LogP contribution in [-0.4, -0.2) is 48.1 Å². The number of piperazine rings is 1. The van der Waals surface area contributed by atoms with E-state index in [1.807, 2.05) is 5.01 Å². The predicted octanol–water partition coefficient (Wildman–Crippen LogP) is -0.182. The molecule has 0 aromatic rings. The van der Waals surface area contributed by atoms with Crippen molar-refractivity contribution in [3.05, 3.63) is 0 Å². The molecule has 0 saturated carbocycles. The van der Waals surface area contributed by atoms with Crippen molar-refractivity contribution >= 4 is 5.91 Å². The zero-order valence-corrected chi connectivity index (χ0v) is 8.12. The molecule has 0 aliphatic carbocycles. The monoisotopic (exact) mass is 183 g/mol. The minimum absolute atomic E-state index is 0.300. The summed E-state index contributed by atoms with van der Waals surface area (Å²) in [6.07, 6.45) is 1.76. The Morgan fingerprint density at radius 2 is 2.31 bits per heavy atom. The Labute approximate surface area is 78.8 Å². The fraction of sp³-hybridized carbons (Fsp3) is 0.889. The standard InChI is InChI=1S/C9H17N3O/c1-8-7-11(6-4-10-8)12-5-2-3-9(12)13/h8,10H,2-7H2,1H3. The zero-order chi connectivity index (χ0) is 9.26. The van der Waals surface area contributed by atoms with Crippen molar-refractivity contribution in [3.63, 3.8) is 0 Å². The molecule has 2 rings (SSSR count). The molecule has 4 nitrogen and oxygen atoms in total. The van der Waals surface area contributed by atoms with Gasteiger partial charge >= 0.3 is 0 Å². The molecule has 0 bridgehead atoms. The van der Waals surface area contributed by atoms with Gasteiger partial charge in [0.05, 0.1) is 0 Å². The van der Waals surface area contributed by atoms with E-state index in [4.69, 9.17) is 0 Å². The lowest BCUT2D eigenvalue weighted by atomic mass is 10.2. The summed E-state index contributed by atoms with van der Waals surface area (Å²) in [4.78, 5) is 11.4. The van der Waals surface area contributed by atoms with Crippen molar-refractivity contribution in [1.82, 2.24) is 15.3 Å². The summed E-state index contributed by atoms with van der Waals surface area (Å²) >= 11 is 0. The van der Waals surface area contributed by atoms with Crippen LogP contribution in [0.4, 0.5) is 0 Å². The van der Waals surface area contributed by atoms with Crippen LogP contribution < -0.4 is 5.32 Å². The van der Waals surface area contributed by atoms with Crippen LogP contribution in [0, 0.1) is 0 Å². The first kappa shape index (κ1) is 8.97. The lowest BCUT2D eigenvalue weighted by Gasteiger charge is -2.37. The Hall–Kier alpha value is -0.610. The van der Waals surface area contributed by atoms with Crippen LogP contribution in [0.1, 0.15) is 19.8 Å². The number of hydrogen-bond acceptors (Lipinski definition) is 3. The lowest BCUT2D eigenvalue weighted by Crippen LogP contribution is -2.56. The quantitative estimate of drug-likeness (QED) is 0.612. The Balaban J connectivity index is 1.95. The molecule has 0 aromatic carbocycles. The summed E-state index contributed by atoms with van der Waals surface area (Å²) in [5.41, 5.74) is 0. The highest BCUT2D eigenvalue weighted by atomic mass is 16.2. The van der Waals surface area contributed by atoms with E-state index in [9.17, 15) is 4.79 Å². The first-order valence-corrected chi connectivity index (χ1v) is 5.06. The average molecular weight is 183 g/mol. The molecule has 2 aliphatic rings. The molecular weight excluding hydrogens is 166 g/mol. The van der Waals surface area contributed by atoms with Crippen LogP contribution in [-0.2, 0) is 4.79 Å². The largest absolute Gasteiger partial charge is 0.312 e. The molecule has 0 aromatic heterocycles. The minimum atomic E-state index is 0.300. The molecule has 74 valence electrons. The van der Waals surface area contributed by atoms with Gasteiger partial charge in [-0.3, -0.25) is 9.80 Å². The maximum Gasteiger partial charge on any atom is 0.236 e. The molecule has 2 heterocycles. The summed E-state index contributed by atoms with van der Waals surface area (Å²) in [7, 11) is 0. The van der Waals surface area contributed by atoms with Crippen molar-refractivity contribution in [1.29, 1.82) is 0 Å². The third kappa shape index (κ3) is 1.84. The van der Waals surface area contributed by atoms with Gasteiger partial charge in [0.1, 0.15) is 0 Å². The van der Waals surface area contributed by atoms with Crippen molar-refractivity contribution in [3.8, 4) is 0 Å². The number of amides is 1. The molecule has 4 heteroatoms. The van der Waals surface area contributed by atoms with Crippen molar-refractivity contribution in [2.45, 2.75) is 25.8 Å². The maximum absolute atomic E-state index is 11.4. The van der Waals surface area contributed by atoms with E-state index in [0.717, 1.165) is 39.0 Å². The average Bonchev–Trinajstić information content (AvgIpc) is 2.51. The van der Waals surface area contributed by atoms with Crippen molar-refractivity contribution in [2.75, 3.05) is 26.2 Å². The van der Waals surface area contributed by atoms with Crippen LogP contribution >= 0.6 is 0 Å². The van der Waals surface area contributed by atoms with Gasteiger partial charge in [0.25, 0.3) is 0 Å². The van der Waals surface area contributed by atoms with Gasteiger partial charge in [-0.1, -0.05) is 0 Å². The molecule has 0 spiro atoms. The van der Waals surface area contributed by atoms with Gasteiger partial charge in [-0.25, -0.2) is 5.01 Å². The van der Waals surface area contributed by atoms with E-state index in [1.165, 1.54) is 0 Å². The highest BCUT2D eigenvalue weighted by Gasteiger charge is 2.28. The summed E-state index contributed by atoms with van der Waals surface area (Å²) in [6.45, 7) is 6.00. The fourth-order valence-electron chi connectivity index (χ4n) is 2.06. The molecule has 13 heavy (non-hydrogen) atoms. The van der Waals surface area contributed by atoms with Crippen LogP contribution in [0.25, 0.3) is 0 Å².